The number of amides is 1. The second-order valence-electron chi connectivity index (χ2n) is 14.3. The van der Waals surface area contributed by atoms with E-state index in [2.05, 4.69) is 26.1 Å². The molecule has 254 valence electrons. The van der Waals surface area contributed by atoms with Gasteiger partial charge in [0.2, 0.25) is 5.91 Å². The van der Waals surface area contributed by atoms with E-state index >= 15 is 0 Å². The molecule has 9 N–H and O–H groups in total. The van der Waals surface area contributed by atoms with Crippen molar-refractivity contribution in [3.8, 4) is 0 Å². The maximum absolute atomic E-state index is 12.2. The lowest BCUT2D eigenvalue weighted by molar-refractivity contribution is -0.489. The summed E-state index contributed by atoms with van der Waals surface area (Å²) >= 11 is 0. The van der Waals surface area contributed by atoms with E-state index in [0.717, 1.165) is 38.5 Å². The van der Waals surface area contributed by atoms with Gasteiger partial charge in [0.15, 0.2) is 6.54 Å². The topological polar surface area (TPSA) is 239 Å². The molecule has 4 aliphatic rings. The summed E-state index contributed by atoms with van der Waals surface area (Å²) in [5.74, 6) is -0.419. The zero-order valence-electron chi connectivity index (χ0n) is 26.5. The highest BCUT2D eigenvalue weighted by atomic mass is 32.2. The first-order valence-corrected chi connectivity index (χ1v) is 17.4. The van der Waals surface area contributed by atoms with Crippen LogP contribution in [0.15, 0.2) is 0 Å². The first-order chi connectivity index (χ1) is 20.3. The number of fused-ring (bicyclic) bond motifs is 5. The minimum absolute atomic E-state index is 0.0115. The number of carboxylic acid groups (broad SMARTS) is 1. The van der Waals surface area contributed by atoms with Crippen LogP contribution in [0, 0.1) is 46.3 Å². The molecule has 4 saturated carbocycles. The molecule has 0 heterocycles. The van der Waals surface area contributed by atoms with Gasteiger partial charge in [-0.05, 0) is 97.7 Å². The third kappa shape index (κ3) is 8.04. The first kappa shape index (κ1) is 36.5. The Balaban J connectivity index is 0.000000512. The molecule has 0 unspecified atom stereocenters. The van der Waals surface area contributed by atoms with Gasteiger partial charge in [-0.2, -0.15) is 0 Å². The molecular formula is C30H54N4O9S. The molecule has 11 atom stereocenters. The molecule has 44 heavy (non-hydrogen) atoms. The van der Waals surface area contributed by atoms with Crippen molar-refractivity contribution in [3.63, 3.8) is 0 Å². The Morgan fingerprint density at radius 1 is 1.07 bits per heavy atom. The Labute approximate surface area is 261 Å². The second kappa shape index (κ2) is 14.2. The van der Waals surface area contributed by atoms with E-state index in [4.69, 9.17) is 16.6 Å². The average molecular weight is 647 g/mol. The van der Waals surface area contributed by atoms with Crippen LogP contribution in [0.25, 0.3) is 0 Å². The number of aliphatic hydroxyl groups excluding tert-OH is 3. The maximum Gasteiger partial charge on any atom is 0.341 e. The van der Waals surface area contributed by atoms with Gasteiger partial charge in [-0.25, -0.2) is 13.2 Å². The summed E-state index contributed by atoms with van der Waals surface area (Å²) in [7, 11) is -2.84. The number of nitrogens with one attached hydrogen (secondary N) is 1. The largest absolute Gasteiger partial charge is 0.748 e. The molecular weight excluding hydrogens is 592 g/mol. The lowest BCUT2D eigenvalue weighted by Gasteiger charge is -2.63. The molecule has 0 aromatic carbocycles. The highest BCUT2D eigenvalue weighted by Crippen LogP contribution is 2.68. The number of nitrogens with zero attached hydrogens (tertiary/aromatic N) is 1. The van der Waals surface area contributed by atoms with Gasteiger partial charge >= 0.3 is 11.9 Å². The number of aliphatic hydroxyl groups is 3. The highest BCUT2D eigenvalue weighted by Gasteiger charge is 2.65. The molecule has 0 aliphatic heterocycles. The number of nitrogens with two attached hydrogens (primary N) is 2. The van der Waals surface area contributed by atoms with Gasteiger partial charge in [-0.1, -0.05) is 20.8 Å². The quantitative estimate of drug-likeness (QED) is 0.0762. The number of carbonyl (C=O) groups excluding carboxylic acids is 1. The molecule has 0 aromatic heterocycles. The Morgan fingerprint density at radius 2 is 1.73 bits per heavy atom. The molecule has 0 spiro atoms. The van der Waals surface area contributed by atoms with Gasteiger partial charge in [-0.3, -0.25) is 20.8 Å². The van der Waals surface area contributed by atoms with Crippen molar-refractivity contribution < 1.29 is 47.6 Å². The zero-order valence-corrected chi connectivity index (χ0v) is 27.3. The number of carboxylic acids is 1. The number of aliphatic carboxylic acids is 1. The van der Waals surface area contributed by atoms with E-state index in [9.17, 15) is 37.9 Å². The van der Waals surface area contributed by atoms with Crippen LogP contribution in [-0.2, 0) is 19.7 Å². The predicted molar refractivity (Wildman–Crippen MR) is 162 cm³/mol. The molecule has 13 nitrogen and oxygen atoms in total. The summed E-state index contributed by atoms with van der Waals surface area (Å²) in [4.78, 5) is 22.1. The van der Waals surface area contributed by atoms with Crippen LogP contribution in [0.5, 0.6) is 0 Å². The second-order valence-corrected chi connectivity index (χ2v) is 15.9. The van der Waals surface area contributed by atoms with Gasteiger partial charge in [0.25, 0.3) is 0 Å². The maximum atomic E-state index is 12.2. The van der Waals surface area contributed by atoms with Crippen LogP contribution >= 0.6 is 0 Å². The lowest BCUT2D eigenvalue weighted by Crippen LogP contribution is -2.62. The van der Waals surface area contributed by atoms with Crippen LogP contribution in [0.2, 0.25) is 0 Å². The summed E-state index contributed by atoms with van der Waals surface area (Å²) in [5, 5.41) is 43.9. The van der Waals surface area contributed by atoms with E-state index in [0.29, 0.717) is 18.8 Å². The molecule has 4 rings (SSSR count). The van der Waals surface area contributed by atoms with Crippen LogP contribution in [0.1, 0.15) is 78.6 Å². The van der Waals surface area contributed by atoms with E-state index in [1.54, 1.807) is 0 Å². The third-order valence-corrected chi connectivity index (χ3v) is 12.5. The molecule has 4 aliphatic carbocycles. The number of carbonyl (C=O) groups is 2. The van der Waals surface area contributed by atoms with Crippen molar-refractivity contribution in [1.29, 1.82) is 0 Å². The predicted octanol–water partition coefficient (Wildman–Crippen LogP) is 0.0122. The summed E-state index contributed by atoms with van der Waals surface area (Å²) in [6.07, 6.45) is 5.58. The van der Waals surface area contributed by atoms with E-state index in [1.807, 2.05) is 0 Å². The van der Waals surface area contributed by atoms with E-state index in [1.165, 1.54) is 11.6 Å². The summed E-state index contributed by atoms with van der Waals surface area (Å²) in [6, 6.07) is 0. The van der Waals surface area contributed by atoms with Gasteiger partial charge in [0, 0.05) is 13.0 Å². The standard InChI is InChI=1S/C26H45NO7S.C4H9N3O2/c1-15(4-7-23(31)27-10-11-35(32,33)34)18-5-6-19-24-20(14-22(30)26(18,19)3)25(2)9-8-17(28)12-16(25)13-21(24)29;1-7(4(5)6)2-3(8)9/h15-22,24,28-30H,4-14H2,1-3H3,(H,27,31)(H,32,33,34);2H2,1H3,(H4,5,6,8,9)/t15-,16+,17-,18-,19+,20+,21-,22+,24+,25+,26-;/m1./s1. The fourth-order valence-electron chi connectivity index (χ4n) is 9.39. The van der Waals surface area contributed by atoms with Crippen LogP contribution in [-0.4, -0.2) is 100 Å². The van der Waals surface area contributed by atoms with Crippen LogP contribution < -0.4 is 16.8 Å². The molecule has 0 aromatic rings. The highest BCUT2D eigenvalue weighted by molar-refractivity contribution is 7.85. The summed E-state index contributed by atoms with van der Waals surface area (Å²) in [5.41, 5.74) is 9.82. The van der Waals surface area contributed by atoms with Crippen LogP contribution in [0.3, 0.4) is 0 Å². The minimum Gasteiger partial charge on any atom is -0.748 e. The van der Waals surface area contributed by atoms with Crippen molar-refractivity contribution >= 4 is 28.0 Å². The molecule has 14 heteroatoms. The number of guanidine groups is 1. The monoisotopic (exact) mass is 646 g/mol. The lowest BCUT2D eigenvalue weighted by atomic mass is 9.43. The van der Waals surface area contributed by atoms with E-state index < -0.39 is 34.0 Å². The zero-order chi connectivity index (χ0) is 33.2. The molecule has 1 amide bonds. The minimum atomic E-state index is -4.35. The smallest absolute Gasteiger partial charge is 0.341 e. The molecule has 0 saturated heterocycles. The molecule has 4 fully saturated rings. The van der Waals surface area contributed by atoms with Gasteiger partial charge in [0.1, 0.15) is 0 Å². The normalized spacial score (nSPS) is 38.5. The Kier molecular flexibility index (Phi) is 11.8. The van der Waals surface area contributed by atoms with E-state index in [-0.39, 0.29) is 77.9 Å². The van der Waals surface area contributed by atoms with Crippen molar-refractivity contribution in [3.05, 3.63) is 0 Å². The van der Waals surface area contributed by atoms with Crippen molar-refractivity contribution in [2.75, 3.05) is 25.9 Å². The Morgan fingerprint density at radius 3 is 2.30 bits per heavy atom. The molecule has 0 bridgehead atoms. The third-order valence-electron chi connectivity index (χ3n) is 11.8. The van der Waals surface area contributed by atoms with Crippen molar-refractivity contribution in [2.45, 2.75) is 96.9 Å². The summed E-state index contributed by atoms with van der Waals surface area (Å²) in [6.45, 7) is 6.32. The van der Waals surface area contributed by atoms with Gasteiger partial charge < -0.3 is 30.3 Å². The fraction of sp³-hybridized carbons (Fsp3) is 0.900. The number of hydrogen-bond donors (Lipinski definition) is 7. The van der Waals surface area contributed by atoms with Gasteiger partial charge in [0.05, 0.1) is 41.2 Å². The van der Waals surface area contributed by atoms with Crippen molar-refractivity contribution in [2.24, 2.45) is 57.8 Å². The summed E-state index contributed by atoms with van der Waals surface area (Å²) < 4.78 is 33.4. The van der Waals surface area contributed by atoms with Gasteiger partial charge in [-0.15, -0.1) is 0 Å². The molecule has 0 radical (unpaired) electrons. The number of hydrogen-bond acceptors (Lipinski definition) is 8. The fourth-order valence-corrected chi connectivity index (χ4v) is 9.74. The van der Waals surface area contributed by atoms with Crippen LogP contribution in [0.4, 0.5) is 0 Å². The SMILES string of the molecule is C[C@H](CCC(=O)NCCS(=O)(=O)[O-])[C@H]1CC[C@H]2[C@@H]3[C@H](O)C[C@@H]4C[C@H](O)CC[C@]4(C)[C@H]3C[C@H](O)[C@]12C.C[N+](CC(=O)O)=C(N)N. The number of rotatable bonds is 9. The average Bonchev–Trinajstić information content (AvgIpc) is 3.26. The Bertz CT molecular complexity index is 1180. The number of likely N-dealkylation sites (N-methyl/N-ethyl adjacent to an activating group) is 1. The van der Waals surface area contributed by atoms with Crippen molar-refractivity contribution in [1.82, 2.24) is 5.32 Å². The Hall–Kier alpha value is -2.00. The first-order valence-electron chi connectivity index (χ1n) is 15.9.